The average molecular weight is 400 g/mol. The highest BCUT2D eigenvalue weighted by atomic mass is 32.2. The van der Waals surface area contributed by atoms with Gasteiger partial charge in [0.2, 0.25) is 5.88 Å². The number of halogens is 1. The van der Waals surface area contributed by atoms with Gasteiger partial charge in [0.05, 0.1) is 4.90 Å². The van der Waals surface area contributed by atoms with Gasteiger partial charge >= 0.3 is 0 Å². The average Bonchev–Trinajstić information content (AvgIpc) is 2.66. The van der Waals surface area contributed by atoms with E-state index in [1.165, 1.54) is 48.7 Å². The summed E-state index contributed by atoms with van der Waals surface area (Å²) in [5.74, 6) is -0.259. The SMILES string of the molecule is CS(=O)(=O)c1ccc(C(=O)NCc2cccnc2Oc2cccc(F)c2)cc1. The maximum Gasteiger partial charge on any atom is 0.251 e. The highest BCUT2D eigenvalue weighted by Crippen LogP contribution is 2.23. The molecule has 0 atom stereocenters. The van der Waals surface area contributed by atoms with Gasteiger partial charge in [-0.1, -0.05) is 12.1 Å². The van der Waals surface area contributed by atoms with E-state index in [9.17, 15) is 17.6 Å². The van der Waals surface area contributed by atoms with Crippen LogP contribution in [-0.2, 0) is 16.4 Å². The largest absolute Gasteiger partial charge is 0.439 e. The molecule has 1 N–H and O–H groups in total. The molecule has 0 fully saturated rings. The summed E-state index contributed by atoms with van der Waals surface area (Å²) < 4.78 is 41.9. The number of ether oxygens (including phenoxy) is 1. The molecule has 1 amide bonds. The normalized spacial score (nSPS) is 11.1. The predicted octanol–water partition coefficient (Wildman–Crippen LogP) is 3.35. The fraction of sp³-hybridized carbons (Fsp3) is 0.100. The van der Waals surface area contributed by atoms with Crippen molar-refractivity contribution in [3.63, 3.8) is 0 Å². The maximum atomic E-state index is 13.3. The van der Waals surface area contributed by atoms with Crippen molar-refractivity contribution in [3.8, 4) is 11.6 Å². The first-order valence-corrected chi connectivity index (χ1v) is 10.2. The van der Waals surface area contributed by atoms with Crippen molar-refractivity contribution in [2.75, 3.05) is 6.26 Å². The van der Waals surface area contributed by atoms with Gasteiger partial charge in [-0.3, -0.25) is 4.79 Å². The zero-order valence-corrected chi connectivity index (χ0v) is 15.7. The molecule has 0 unspecified atom stereocenters. The van der Waals surface area contributed by atoms with E-state index in [2.05, 4.69) is 10.3 Å². The molecule has 0 aliphatic carbocycles. The van der Waals surface area contributed by atoms with E-state index in [-0.39, 0.29) is 23.2 Å². The maximum absolute atomic E-state index is 13.3. The minimum absolute atomic E-state index is 0.130. The molecular formula is C20H17FN2O4S. The van der Waals surface area contributed by atoms with Crippen molar-refractivity contribution in [1.82, 2.24) is 10.3 Å². The smallest absolute Gasteiger partial charge is 0.251 e. The lowest BCUT2D eigenvalue weighted by molar-refractivity contribution is 0.0950. The summed E-state index contributed by atoms with van der Waals surface area (Å²) in [7, 11) is -3.32. The monoisotopic (exact) mass is 400 g/mol. The fourth-order valence-electron chi connectivity index (χ4n) is 2.42. The summed E-state index contributed by atoms with van der Waals surface area (Å²) in [4.78, 5) is 16.6. The number of hydrogen-bond acceptors (Lipinski definition) is 5. The van der Waals surface area contributed by atoms with E-state index in [1.807, 2.05) is 0 Å². The third-order valence-electron chi connectivity index (χ3n) is 3.84. The molecule has 0 saturated carbocycles. The highest BCUT2D eigenvalue weighted by molar-refractivity contribution is 7.90. The molecule has 6 nitrogen and oxygen atoms in total. The molecule has 2 aromatic carbocycles. The van der Waals surface area contributed by atoms with Crippen LogP contribution in [0.1, 0.15) is 15.9 Å². The van der Waals surface area contributed by atoms with Gasteiger partial charge in [0.1, 0.15) is 11.6 Å². The summed E-state index contributed by atoms with van der Waals surface area (Å²) in [6, 6.07) is 14.7. The minimum Gasteiger partial charge on any atom is -0.439 e. The van der Waals surface area contributed by atoms with Gasteiger partial charge in [-0.2, -0.15) is 0 Å². The Balaban J connectivity index is 1.70. The van der Waals surface area contributed by atoms with Crippen molar-refractivity contribution in [3.05, 3.63) is 83.8 Å². The topological polar surface area (TPSA) is 85.4 Å². The van der Waals surface area contributed by atoms with Crippen LogP contribution in [0.3, 0.4) is 0 Å². The second kappa shape index (κ2) is 8.18. The molecule has 0 saturated heterocycles. The van der Waals surface area contributed by atoms with Crippen LogP contribution in [0.4, 0.5) is 4.39 Å². The van der Waals surface area contributed by atoms with Crippen molar-refractivity contribution >= 4 is 15.7 Å². The van der Waals surface area contributed by atoms with Crippen LogP contribution in [0, 0.1) is 5.82 Å². The molecule has 1 heterocycles. The summed E-state index contributed by atoms with van der Waals surface area (Å²) in [6.07, 6.45) is 2.63. The van der Waals surface area contributed by atoms with Gasteiger partial charge < -0.3 is 10.1 Å². The van der Waals surface area contributed by atoms with Crippen LogP contribution in [0.2, 0.25) is 0 Å². The number of aromatic nitrogens is 1. The van der Waals surface area contributed by atoms with Gasteiger partial charge in [0.15, 0.2) is 9.84 Å². The highest BCUT2D eigenvalue weighted by Gasteiger charge is 2.12. The van der Waals surface area contributed by atoms with Crippen LogP contribution in [0.25, 0.3) is 0 Å². The van der Waals surface area contributed by atoms with Crippen molar-refractivity contribution in [2.24, 2.45) is 0 Å². The number of carbonyl (C=O) groups excluding carboxylic acids is 1. The Morgan fingerprint density at radius 3 is 2.54 bits per heavy atom. The molecular weight excluding hydrogens is 383 g/mol. The number of sulfone groups is 1. The Morgan fingerprint density at radius 1 is 1.11 bits per heavy atom. The second-order valence-corrected chi connectivity index (χ2v) is 8.02. The lowest BCUT2D eigenvalue weighted by Gasteiger charge is -2.11. The minimum atomic E-state index is -3.32. The van der Waals surface area contributed by atoms with Crippen molar-refractivity contribution in [1.29, 1.82) is 0 Å². The molecule has 0 radical (unpaired) electrons. The summed E-state index contributed by atoms with van der Waals surface area (Å²) in [6.45, 7) is 0.130. The molecule has 0 spiro atoms. The molecule has 3 aromatic rings. The quantitative estimate of drug-likeness (QED) is 0.686. The van der Waals surface area contributed by atoms with Gasteiger partial charge in [0, 0.05) is 36.2 Å². The van der Waals surface area contributed by atoms with Gasteiger partial charge in [-0.15, -0.1) is 0 Å². The van der Waals surface area contributed by atoms with Crippen LogP contribution < -0.4 is 10.1 Å². The molecule has 144 valence electrons. The first-order valence-electron chi connectivity index (χ1n) is 8.28. The predicted molar refractivity (Wildman–Crippen MR) is 101 cm³/mol. The zero-order chi connectivity index (χ0) is 20.1. The standard InChI is InChI=1S/C20H17FN2O4S/c1-28(25,26)18-9-7-14(8-10-18)19(24)23-13-15-4-3-11-22-20(15)27-17-6-2-5-16(21)12-17/h2-12H,13H2,1H3,(H,23,24). The Kier molecular flexibility index (Phi) is 5.70. The van der Waals surface area contributed by atoms with E-state index < -0.39 is 15.7 Å². The van der Waals surface area contributed by atoms with E-state index in [1.54, 1.807) is 18.2 Å². The number of carbonyl (C=O) groups is 1. The van der Waals surface area contributed by atoms with E-state index in [0.717, 1.165) is 6.26 Å². The van der Waals surface area contributed by atoms with E-state index in [0.29, 0.717) is 16.9 Å². The van der Waals surface area contributed by atoms with Gasteiger partial charge in [0.25, 0.3) is 5.91 Å². The lowest BCUT2D eigenvalue weighted by atomic mass is 10.2. The number of rotatable bonds is 6. The number of nitrogens with one attached hydrogen (secondary N) is 1. The second-order valence-electron chi connectivity index (χ2n) is 6.01. The number of amides is 1. The zero-order valence-electron chi connectivity index (χ0n) is 14.9. The molecule has 3 rings (SSSR count). The lowest BCUT2D eigenvalue weighted by Crippen LogP contribution is -2.23. The Bertz CT molecular complexity index is 1100. The molecule has 0 bridgehead atoms. The third kappa shape index (κ3) is 4.92. The van der Waals surface area contributed by atoms with Crippen molar-refractivity contribution in [2.45, 2.75) is 11.4 Å². The first-order chi connectivity index (χ1) is 13.3. The van der Waals surface area contributed by atoms with E-state index >= 15 is 0 Å². The summed E-state index contributed by atoms with van der Waals surface area (Å²) in [5, 5.41) is 2.73. The third-order valence-corrected chi connectivity index (χ3v) is 4.97. The summed E-state index contributed by atoms with van der Waals surface area (Å²) in [5.41, 5.74) is 0.928. The van der Waals surface area contributed by atoms with Gasteiger partial charge in [-0.25, -0.2) is 17.8 Å². The fourth-order valence-corrected chi connectivity index (χ4v) is 3.05. The Hall–Kier alpha value is -3.26. The molecule has 8 heteroatoms. The van der Waals surface area contributed by atoms with Crippen LogP contribution in [-0.4, -0.2) is 25.6 Å². The first kappa shape index (κ1) is 19.5. The molecule has 1 aromatic heterocycles. The number of nitrogens with zero attached hydrogens (tertiary/aromatic N) is 1. The van der Waals surface area contributed by atoms with Gasteiger partial charge in [-0.05, 0) is 42.5 Å². The Morgan fingerprint density at radius 2 is 1.86 bits per heavy atom. The van der Waals surface area contributed by atoms with E-state index in [4.69, 9.17) is 4.74 Å². The Labute approximate surface area is 161 Å². The van der Waals surface area contributed by atoms with Crippen LogP contribution >= 0.6 is 0 Å². The van der Waals surface area contributed by atoms with Crippen LogP contribution in [0.15, 0.2) is 71.8 Å². The molecule has 28 heavy (non-hydrogen) atoms. The number of hydrogen-bond donors (Lipinski definition) is 1. The summed E-state index contributed by atoms with van der Waals surface area (Å²) >= 11 is 0. The molecule has 0 aliphatic heterocycles. The van der Waals surface area contributed by atoms with Crippen LogP contribution in [0.5, 0.6) is 11.6 Å². The number of benzene rings is 2. The molecule has 0 aliphatic rings. The number of pyridine rings is 1. The van der Waals surface area contributed by atoms with Crippen molar-refractivity contribution < 1.29 is 22.3 Å².